The summed E-state index contributed by atoms with van der Waals surface area (Å²) in [5.74, 6) is -0.255. The van der Waals surface area contributed by atoms with Crippen LogP contribution in [0.1, 0.15) is 58.8 Å². The van der Waals surface area contributed by atoms with E-state index in [-0.39, 0.29) is 35.7 Å². The second kappa shape index (κ2) is 7.20. The number of amides is 1. The molecular weight excluding hydrogens is 419 g/mol. The third-order valence-corrected chi connectivity index (χ3v) is 10.4. The predicted molar refractivity (Wildman–Crippen MR) is 104 cm³/mol. The van der Waals surface area contributed by atoms with Gasteiger partial charge in [0, 0.05) is 6.04 Å². The molecule has 1 aliphatic heterocycles. The van der Waals surface area contributed by atoms with E-state index in [1.165, 1.54) is 7.11 Å². The number of hydrogen-bond acceptors (Lipinski definition) is 4. The number of fused-ring (bicyclic) bond motifs is 5. The molecule has 1 amide bonds. The van der Waals surface area contributed by atoms with Crippen LogP contribution in [0.3, 0.4) is 0 Å². The summed E-state index contributed by atoms with van der Waals surface area (Å²) in [5, 5.41) is 1.24. The molecule has 1 unspecified atom stereocenters. The minimum atomic E-state index is -4.90. The van der Waals surface area contributed by atoms with Gasteiger partial charge < -0.3 is 10.1 Å². The topological polar surface area (TPSA) is 72.5 Å². The number of carbonyl (C=O) groups is 2. The van der Waals surface area contributed by atoms with Gasteiger partial charge in [0.25, 0.3) is 0 Å². The number of esters is 1. The maximum absolute atomic E-state index is 13.1. The largest absolute Gasteiger partial charge is 0.472 e. The first-order valence-corrected chi connectivity index (χ1v) is 12.0. The molecule has 0 bridgehead atoms. The van der Waals surface area contributed by atoms with Gasteiger partial charge in [0.05, 0.1) is 13.0 Å². The highest BCUT2D eigenvalue weighted by Crippen LogP contribution is 2.65. The van der Waals surface area contributed by atoms with Crippen LogP contribution in [0.15, 0.2) is 0 Å². The lowest BCUT2D eigenvalue weighted by molar-refractivity contribution is -0.155. The van der Waals surface area contributed by atoms with E-state index in [9.17, 15) is 27.0 Å². The van der Waals surface area contributed by atoms with Gasteiger partial charge in [0.1, 0.15) is 16.0 Å². The molecule has 3 aliphatic carbocycles. The van der Waals surface area contributed by atoms with Crippen molar-refractivity contribution >= 4 is 22.7 Å². The van der Waals surface area contributed by atoms with Crippen LogP contribution < -0.4 is 5.32 Å². The Balaban J connectivity index is 1.61. The first-order chi connectivity index (χ1) is 13.9. The molecule has 1 heterocycles. The third-order valence-electron chi connectivity index (χ3n) is 9.08. The summed E-state index contributed by atoms with van der Waals surface area (Å²) in [7, 11) is -1.79. The number of carbonyl (C=O) groups excluding carboxylic acids is 2. The van der Waals surface area contributed by atoms with Crippen molar-refractivity contribution in [3.05, 3.63) is 0 Å². The lowest BCUT2D eigenvalue weighted by Crippen LogP contribution is -2.65. The molecule has 4 fully saturated rings. The molecule has 0 aromatic rings. The van der Waals surface area contributed by atoms with E-state index in [4.69, 9.17) is 4.74 Å². The molecule has 3 saturated carbocycles. The van der Waals surface area contributed by atoms with Gasteiger partial charge in [-0.3, -0.25) is 9.59 Å². The first-order valence-electron chi connectivity index (χ1n) is 10.8. The third kappa shape index (κ3) is 3.13. The van der Waals surface area contributed by atoms with Gasteiger partial charge in [-0.25, -0.2) is 4.21 Å². The summed E-state index contributed by atoms with van der Waals surface area (Å²) in [6, 6.07) is -0.185. The summed E-state index contributed by atoms with van der Waals surface area (Å²) >= 11 is 0. The molecule has 4 rings (SSSR count). The molecule has 1 N–H and O–H groups in total. The zero-order chi connectivity index (χ0) is 22.1. The zero-order valence-electron chi connectivity index (χ0n) is 17.6. The Hall–Kier alpha value is -1.12. The Kier molecular flexibility index (Phi) is 5.30. The van der Waals surface area contributed by atoms with Gasteiger partial charge in [-0.1, -0.05) is 13.8 Å². The number of piperidine rings is 1. The summed E-state index contributed by atoms with van der Waals surface area (Å²) in [6.07, 6.45) is 4.94. The van der Waals surface area contributed by atoms with Crippen LogP contribution in [0, 0.1) is 34.5 Å². The molecule has 1 saturated heterocycles. The van der Waals surface area contributed by atoms with Crippen molar-refractivity contribution in [3.63, 3.8) is 0 Å². The number of alkyl halides is 3. The molecule has 0 radical (unpaired) electrons. The molecule has 0 aromatic heterocycles. The predicted octanol–water partition coefficient (Wildman–Crippen LogP) is 3.54. The standard InChI is InChI=1S/C21H30F3NO4S/c1-19-9-8-13-11(12(19)5-6-14(19)18(27)29-3)4-7-16-20(13,2)10-15(17(26)25-16)30(28)21(22,23)24/h11-16H,4-10H2,1-3H3,(H,25,26)/t11-,12-,13-,14+,15+,16+,19-,20+,30?/m0/s1. The van der Waals surface area contributed by atoms with Gasteiger partial charge in [0.2, 0.25) is 5.91 Å². The second-order valence-electron chi connectivity index (χ2n) is 10.2. The highest BCUT2D eigenvalue weighted by Gasteiger charge is 2.63. The fraction of sp³-hybridized carbons (Fsp3) is 0.905. The average molecular weight is 450 g/mol. The highest BCUT2D eigenvalue weighted by atomic mass is 32.2. The number of nitrogens with one attached hydrogen (secondary N) is 1. The fourth-order valence-corrected chi connectivity index (χ4v) is 8.70. The van der Waals surface area contributed by atoms with Crippen LogP contribution in [0.5, 0.6) is 0 Å². The molecule has 5 nitrogen and oxygen atoms in total. The van der Waals surface area contributed by atoms with Crippen LogP contribution in [0.2, 0.25) is 0 Å². The molecule has 9 atom stereocenters. The minimum Gasteiger partial charge on any atom is -0.469 e. The van der Waals surface area contributed by atoms with Crippen LogP contribution >= 0.6 is 0 Å². The number of ether oxygens (including phenoxy) is 1. The average Bonchev–Trinajstić information content (AvgIpc) is 3.03. The molecule has 9 heteroatoms. The number of methoxy groups -OCH3 is 1. The normalized spacial score (nSPS) is 46.8. The van der Waals surface area contributed by atoms with E-state index in [0.717, 1.165) is 32.1 Å². The summed E-state index contributed by atoms with van der Waals surface area (Å²) in [6.45, 7) is 4.14. The maximum Gasteiger partial charge on any atom is 0.472 e. The lowest BCUT2D eigenvalue weighted by atomic mass is 9.47. The summed E-state index contributed by atoms with van der Waals surface area (Å²) in [4.78, 5) is 24.7. The van der Waals surface area contributed by atoms with Gasteiger partial charge in [-0.15, -0.1) is 0 Å². The van der Waals surface area contributed by atoms with Crippen molar-refractivity contribution in [1.82, 2.24) is 5.32 Å². The second-order valence-corrected chi connectivity index (χ2v) is 11.8. The van der Waals surface area contributed by atoms with Gasteiger partial charge in [-0.05, 0) is 73.5 Å². The molecule has 0 aromatic carbocycles. The number of rotatable bonds is 2. The fourth-order valence-electron chi connectivity index (χ4n) is 7.61. The van der Waals surface area contributed by atoms with Gasteiger partial charge in [0.15, 0.2) is 0 Å². The Morgan fingerprint density at radius 1 is 1.10 bits per heavy atom. The monoisotopic (exact) mass is 449 g/mol. The van der Waals surface area contributed by atoms with Crippen molar-refractivity contribution in [2.75, 3.05) is 7.11 Å². The van der Waals surface area contributed by atoms with Crippen molar-refractivity contribution < 1.29 is 31.7 Å². The maximum atomic E-state index is 13.1. The Morgan fingerprint density at radius 3 is 2.40 bits per heavy atom. The highest BCUT2D eigenvalue weighted by molar-refractivity contribution is 7.87. The van der Waals surface area contributed by atoms with Crippen LogP contribution in [-0.4, -0.2) is 40.0 Å². The number of halogens is 3. The van der Waals surface area contributed by atoms with Crippen LogP contribution in [0.25, 0.3) is 0 Å². The Labute approximate surface area is 177 Å². The quantitative estimate of drug-likeness (QED) is 0.655. The zero-order valence-corrected chi connectivity index (χ0v) is 18.4. The molecular formula is C21H30F3NO4S. The lowest BCUT2D eigenvalue weighted by Gasteiger charge is -2.60. The summed E-state index contributed by atoms with van der Waals surface area (Å²) in [5.41, 5.74) is -5.57. The van der Waals surface area contributed by atoms with E-state index < -0.39 is 32.9 Å². The van der Waals surface area contributed by atoms with E-state index in [2.05, 4.69) is 12.2 Å². The minimum absolute atomic E-state index is 0.000647. The van der Waals surface area contributed by atoms with Crippen LogP contribution in [0.4, 0.5) is 13.2 Å². The van der Waals surface area contributed by atoms with Crippen molar-refractivity contribution in [2.24, 2.45) is 34.5 Å². The molecule has 0 spiro atoms. The van der Waals surface area contributed by atoms with E-state index in [0.29, 0.717) is 18.3 Å². The Morgan fingerprint density at radius 2 is 1.77 bits per heavy atom. The smallest absolute Gasteiger partial charge is 0.469 e. The molecule has 170 valence electrons. The summed E-state index contributed by atoms with van der Waals surface area (Å²) < 4.78 is 56.5. The molecule has 30 heavy (non-hydrogen) atoms. The molecule has 4 aliphatic rings. The van der Waals surface area contributed by atoms with Crippen molar-refractivity contribution in [3.8, 4) is 0 Å². The van der Waals surface area contributed by atoms with Crippen LogP contribution in [-0.2, 0) is 25.1 Å². The SMILES string of the molecule is COC(=O)[C@H]1CC[C@H]2[C@@H]3CC[C@H]4NC(=O)[C@H](S(=O)C(F)(F)F)C[C@]4(C)[C@H]3CC[C@]12C. The first kappa shape index (κ1) is 22.1. The van der Waals surface area contributed by atoms with E-state index >= 15 is 0 Å². The van der Waals surface area contributed by atoms with Crippen molar-refractivity contribution in [2.45, 2.75) is 75.6 Å². The van der Waals surface area contributed by atoms with E-state index in [1.807, 2.05) is 6.92 Å². The van der Waals surface area contributed by atoms with Crippen molar-refractivity contribution in [1.29, 1.82) is 0 Å². The number of hydrogen-bond donors (Lipinski definition) is 1. The van der Waals surface area contributed by atoms with Gasteiger partial charge in [-0.2, -0.15) is 13.2 Å². The van der Waals surface area contributed by atoms with E-state index in [1.54, 1.807) is 0 Å². The Bertz CT molecular complexity index is 774. The van der Waals surface area contributed by atoms with Gasteiger partial charge >= 0.3 is 11.5 Å².